The van der Waals surface area contributed by atoms with Crippen molar-refractivity contribution < 1.29 is 9.53 Å². The van der Waals surface area contributed by atoms with E-state index in [-0.39, 0.29) is 12.1 Å². The first-order chi connectivity index (χ1) is 7.65. The molecule has 0 bridgehead atoms. The van der Waals surface area contributed by atoms with Crippen LogP contribution in [0.1, 0.15) is 6.42 Å². The monoisotopic (exact) mass is 240 g/mol. The van der Waals surface area contributed by atoms with Crippen molar-refractivity contribution in [2.24, 2.45) is 5.73 Å². The van der Waals surface area contributed by atoms with E-state index >= 15 is 0 Å². The molecule has 4 nitrogen and oxygen atoms in total. The van der Waals surface area contributed by atoms with Crippen LogP contribution in [-0.2, 0) is 0 Å². The summed E-state index contributed by atoms with van der Waals surface area (Å²) < 4.78 is 5.70. The number of urea groups is 1. The third-order valence-electron chi connectivity index (χ3n) is 2.57. The zero-order chi connectivity index (χ0) is 11.5. The summed E-state index contributed by atoms with van der Waals surface area (Å²) in [6.45, 7) is 1.21. The van der Waals surface area contributed by atoms with E-state index in [2.05, 4.69) is 0 Å². The molecule has 1 unspecified atom stereocenters. The van der Waals surface area contributed by atoms with Gasteiger partial charge in [-0.05, 0) is 24.3 Å². The molecule has 1 aliphatic heterocycles. The second-order valence-electron chi connectivity index (χ2n) is 3.77. The maximum absolute atomic E-state index is 10.9. The minimum absolute atomic E-state index is 0.0219. The fraction of sp³-hybridized carbons (Fsp3) is 0.364. The topological polar surface area (TPSA) is 55.6 Å². The number of amides is 2. The minimum Gasteiger partial charge on any atom is -0.489 e. The predicted octanol–water partition coefficient (Wildman–Crippen LogP) is 1.87. The molecule has 1 atom stereocenters. The zero-order valence-corrected chi connectivity index (χ0v) is 9.48. The molecular weight excluding hydrogens is 228 g/mol. The molecular formula is C11H13ClN2O2. The number of primary amides is 1. The lowest BCUT2D eigenvalue weighted by Gasteiger charge is -2.15. The van der Waals surface area contributed by atoms with Crippen LogP contribution in [0.2, 0.25) is 5.02 Å². The standard InChI is InChI=1S/C11H13ClN2O2/c12-8-1-3-9(4-2-8)16-10-5-6-14(7-10)11(13)15/h1-4,10H,5-7H2,(H2,13,15). The van der Waals surface area contributed by atoms with Gasteiger partial charge in [0.15, 0.2) is 0 Å². The highest BCUT2D eigenvalue weighted by Crippen LogP contribution is 2.20. The third-order valence-corrected chi connectivity index (χ3v) is 2.83. The van der Waals surface area contributed by atoms with Crippen LogP contribution in [0.4, 0.5) is 4.79 Å². The third kappa shape index (κ3) is 2.58. The van der Waals surface area contributed by atoms with Gasteiger partial charge in [-0.1, -0.05) is 11.6 Å². The molecule has 0 aliphatic carbocycles. The molecule has 1 aromatic rings. The van der Waals surface area contributed by atoms with Crippen LogP contribution >= 0.6 is 11.6 Å². The van der Waals surface area contributed by atoms with Crippen molar-refractivity contribution in [1.82, 2.24) is 4.90 Å². The van der Waals surface area contributed by atoms with Crippen molar-refractivity contribution in [3.8, 4) is 5.75 Å². The summed E-state index contributed by atoms with van der Waals surface area (Å²) >= 11 is 5.77. The van der Waals surface area contributed by atoms with Crippen molar-refractivity contribution in [2.45, 2.75) is 12.5 Å². The molecule has 0 saturated carbocycles. The second kappa shape index (κ2) is 4.61. The number of hydrogen-bond donors (Lipinski definition) is 1. The molecule has 1 fully saturated rings. The summed E-state index contributed by atoms with van der Waals surface area (Å²) in [6.07, 6.45) is 0.833. The maximum Gasteiger partial charge on any atom is 0.314 e. The Bertz CT molecular complexity index is 380. The molecule has 86 valence electrons. The Labute approximate surface area is 98.9 Å². The number of nitrogens with zero attached hydrogens (tertiary/aromatic N) is 1. The lowest BCUT2D eigenvalue weighted by molar-refractivity contribution is 0.192. The van der Waals surface area contributed by atoms with E-state index in [0.717, 1.165) is 12.2 Å². The summed E-state index contributed by atoms with van der Waals surface area (Å²) in [4.78, 5) is 12.5. The van der Waals surface area contributed by atoms with E-state index in [1.807, 2.05) is 12.1 Å². The summed E-state index contributed by atoms with van der Waals surface area (Å²) in [5.41, 5.74) is 5.19. The van der Waals surface area contributed by atoms with Gasteiger partial charge in [-0.2, -0.15) is 0 Å². The Balaban J connectivity index is 1.92. The van der Waals surface area contributed by atoms with Crippen molar-refractivity contribution in [2.75, 3.05) is 13.1 Å². The highest BCUT2D eigenvalue weighted by atomic mass is 35.5. The molecule has 2 amide bonds. The number of halogens is 1. The highest BCUT2D eigenvalue weighted by molar-refractivity contribution is 6.30. The lowest BCUT2D eigenvalue weighted by Crippen LogP contribution is -2.35. The smallest absolute Gasteiger partial charge is 0.314 e. The largest absolute Gasteiger partial charge is 0.489 e. The van der Waals surface area contributed by atoms with Crippen molar-refractivity contribution in [3.63, 3.8) is 0 Å². The molecule has 1 heterocycles. The Morgan fingerprint density at radius 3 is 2.69 bits per heavy atom. The Kier molecular flexibility index (Phi) is 3.19. The minimum atomic E-state index is -0.387. The van der Waals surface area contributed by atoms with Crippen LogP contribution in [-0.4, -0.2) is 30.1 Å². The molecule has 1 aromatic carbocycles. The van der Waals surface area contributed by atoms with Crippen molar-refractivity contribution >= 4 is 17.6 Å². The number of ether oxygens (including phenoxy) is 1. The van der Waals surface area contributed by atoms with E-state index in [9.17, 15) is 4.79 Å². The second-order valence-corrected chi connectivity index (χ2v) is 4.20. The number of carbonyl (C=O) groups excluding carboxylic acids is 1. The molecule has 0 radical (unpaired) electrons. The number of rotatable bonds is 2. The predicted molar refractivity (Wildman–Crippen MR) is 61.6 cm³/mol. The normalized spacial score (nSPS) is 19.8. The van der Waals surface area contributed by atoms with Crippen LogP contribution in [0.15, 0.2) is 24.3 Å². The van der Waals surface area contributed by atoms with Crippen molar-refractivity contribution in [1.29, 1.82) is 0 Å². The van der Waals surface area contributed by atoms with Gasteiger partial charge in [0.05, 0.1) is 6.54 Å². The van der Waals surface area contributed by atoms with Gasteiger partial charge in [-0.25, -0.2) is 4.79 Å². The maximum atomic E-state index is 10.9. The number of benzene rings is 1. The fourth-order valence-corrected chi connectivity index (χ4v) is 1.86. The molecule has 1 saturated heterocycles. The summed E-state index contributed by atoms with van der Waals surface area (Å²) in [7, 11) is 0. The number of nitrogens with two attached hydrogens (primary N) is 1. The number of carbonyl (C=O) groups is 1. The molecule has 0 aromatic heterocycles. The average molecular weight is 241 g/mol. The summed E-state index contributed by atoms with van der Waals surface area (Å²) in [6, 6.07) is 6.79. The first-order valence-corrected chi connectivity index (χ1v) is 5.49. The molecule has 5 heteroatoms. The van der Waals surface area contributed by atoms with E-state index < -0.39 is 0 Å². The first-order valence-electron chi connectivity index (χ1n) is 5.12. The first kappa shape index (κ1) is 11.1. The molecule has 0 spiro atoms. The van der Waals surface area contributed by atoms with Gasteiger partial charge in [0.25, 0.3) is 0 Å². The number of likely N-dealkylation sites (tertiary alicyclic amines) is 1. The molecule has 1 aliphatic rings. The quantitative estimate of drug-likeness (QED) is 0.858. The van der Waals surface area contributed by atoms with E-state index in [1.165, 1.54) is 0 Å². The van der Waals surface area contributed by atoms with Gasteiger partial charge in [-0.3, -0.25) is 0 Å². The van der Waals surface area contributed by atoms with E-state index in [0.29, 0.717) is 18.1 Å². The highest BCUT2D eigenvalue weighted by Gasteiger charge is 2.25. The van der Waals surface area contributed by atoms with Crippen LogP contribution in [0.3, 0.4) is 0 Å². The zero-order valence-electron chi connectivity index (χ0n) is 8.73. The Hall–Kier alpha value is -1.42. The van der Waals surface area contributed by atoms with E-state index in [1.54, 1.807) is 17.0 Å². The van der Waals surface area contributed by atoms with Crippen molar-refractivity contribution in [3.05, 3.63) is 29.3 Å². The Morgan fingerprint density at radius 2 is 2.12 bits per heavy atom. The number of hydrogen-bond acceptors (Lipinski definition) is 2. The molecule has 2 rings (SSSR count). The Morgan fingerprint density at radius 1 is 1.44 bits per heavy atom. The van der Waals surface area contributed by atoms with Gasteiger partial charge in [-0.15, -0.1) is 0 Å². The fourth-order valence-electron chi connectivity index (χ4n) is 1.73. The van der Waals surface area contributed by atoms with Gasteiger partial charge in [0, 0.05) is 18.0 Å². The molecule has 2 N–H and O–H groups in total. The summed E-state index contributed by atoms with van der Waals surface area (Å²) in [5.74, 6) is 0.765. The molecule has 16 heavy (non-hydrogen) atoms. The summed E-state index contributed by atoms with van der Waals surface area (Å²) in [5, 5.41) is 0.678. The lowest BCUT2D eigenvalue weighted by atomic mass is 10.3. The van der Waals surface area contributed by atoms with Crippen LogP contribution in [0.25, 0.3) is 0 Å². The van der Waals surface area contributed by atoms with Gasteiger partial charge >= 0.3 is 6.03 Å². The van der Waals surface area contributed by atoms with Gasteiger partial charge in [0.2, 0.25) is 0 Å². The SMILES string of the molecule is NC(=O)N1CCC(Oc2ccc(Cl)cc2)C1. The van der Waals surface area contributed by atoms with Crippen LogP contribution in [0.5, 0.6) is 5.75 Å². The average Bonchev–Trinajstić information content (AvgIpc) is 2.70. The van der Waals surface area contributed by atoms with Crippen LogP contribution in [0, 0.1) is 0 Å². The van der Waals surface area contributed by atoms with Gasteiger partial charge < -0.3 is 15.4 Å². The van der Waals surface area contributed by atoms with E-state index in [4.69, 9.17) is 22.1 Å². The van der Waals surface area contributed by atoms with Crippen LogP contribution < -0.4 is 10.5 Å². The van der Waals surface area contributed by atoms with Gasteiger partial charge in [0.1, 0.15) is 11.9 Å².